The van der Waals surface area contributed by atoms with Crippen LogP contribution in [0.1, 0.15) is 26.3 Å². The second kappa shape index (κ2) is 5.34. The van der Waals surface area contributed by atoms with Crippen LogP contribution in [0.2, 0.25) is 0 Å². The molecule has 1 fully saturated rings. The lowest BCUT2D eigenvalue weighted by Gasteiger charge is -2.22. The minimum absolute atomic E-state index is 0.254. The number of rotatable bonds is 4. The van der Waals surface area contributed by atoms with Gasteiger partial charge >= 0.3 is 0 Å². The zero-order valence-electron chi connectivity index (χ0n) is 11.7. The van der Waals surface area contributed by atoms with E-state index in [0.717, 1.165) is 5.56 Å². The number of terminal acetylenes is 1. The third-order valence-corrected chi connectivity index (χ3v) is 3.17. The van der Waals surface area contributed by atoms with Gasteiger partial charge in [-0.3, -0.25) is 0 Å². The van der Waals surface area contributed by atoms with Gasteiger partial charge in [0.15, 0.2) is 11.4 Å². The second-order valence-electron chi connectivity index (χ2n) is 5.36. The summed E-state index contributed by atoms with van der Waals surface area (Å²) >= 11 is 0. The van der Waals surface area contributed by atoms with Gasteiger partial charge in [-0.2, -0.15) is 0 Å². The van der Waals surface area contributed by atoms with Gasteiger partial charge in [-0.05, 0) is 26.3 Å². The Morgan fingerprint density at radius 1 is 1.26 bits per heavy atom. The molecule has 3 nitrogen and oxygen atoms in total. The topological polar surface area (TPSA) is 27.7 Å². The van der Waals surface area contributed by atoms with Crippen LogP contribution in [-0.2, 0) is 20.8 Å². The van der Waals surface area contributed by atoms with Gasteiger partial charge in [0.1, 0.15) is 6.10 Å². The highest BCUT2D eigenvalue weighted by Gasteiger charge is 2.49. The lowest BCUT2D eigenvalue weighted by molar-refractivity contribution is -0.155. The van der Waals surface area contributed by atoms with Crippen LogP contribution in [0.15, 0.2) is 30.3 Å². The van der Waals surface area contributed by atoms with Crippen molar-refractivity contribution in [3.8, 4) is 12.3 Å². The average Bonchev–Trinajstić information content (AvgIpc) is 2.61. The van der Waals surface area contributed by atoms with E-state index in [-0.39, 0.29) is 6.10 Å². The Morgan fingerprint density at radius 3 is 2.58 bits per heavy atom. The van der Waals surface area contributed by atoms with Crippen LogP contribution in [0.5, 0.6) is 0 Å². The maximum atomic E-state index is 5.80. The standard InChI is InChI=1S/C16H20O3/c1-5-16(4)14(18-15(2,3)19-16)12-17-11-13-9-7-6-8-10-13/h1,6-10,14H,11-12H2,2-4H3/t14-,16-/m1/s1. The Hall–Kier alpha value is -1.34. The zero-order chi connectivity index (χ0) is 13.9. The van der Waals surface area contributed by atoms with Crippen molar-refractivity contribution in [2.24, 2.45) is 0 Å². The summed E-state index contributed by atoms with van der Waals surface area (Å²) in [5.74, 6) is 2.00. The fraction of sp³-hybridized carbons (Fsp3) is 0.500. The van der Waals surface area contributed by atoms with Gasteiger partial charge in [0.2, 0.25) is 0 Å². The maximum absolute atomic E-state index is 5.80. The van der Waals surface area contributed by atoms with Crippen molar-refractivity contribution in [2.45, 2.75) is 44.9 Å². The predicted molar refractivity (Wildman–Crippen MR) is 73.4 cm³/mol. The van der Waals surface area contributed by atoms with Crippen molar-refractivity contribution in [3.05, 3.63) is 35.9 Å². The molecule has 0 spiro atoms. The summed E-state index contributed by atoms with van der Waals surface area (Å²) in [6.07, 6.45) is 5.30. The molecule has 2 rings (SSSR count). The molecule has 0 unspecified atom stereocenters. The number of ether oxygens (including phenoxy) is 3. The van der Waals surface area contributed by atoms with Crippen molar-refractivity contribution in [1.29, 1.82) is 0 Å². The molecule has 1 heterocycles. The lowest BCUT2D eigenvalue weighted by atomic mass is 10.0. The highest BCUT2D eigenvalue weighted by atomic mass is 16.8. The van der Waals surface area contributed by atoms with Gasteiger partial charge in [0.05, 0.1) is 13.2 Å². The minimum atomic E-state index is -0.736. The van der Waals surface area contributed by atoms with Crippen molar-refractivity contribution in [1.82, 2.24) is 0 Å². The van der Waals surface area contributed by atoms with Gasteiger partial charge in [-0.15, -0.1) is 6.42 Å². The van der Waals surface area contributed by atoms with E-state index in [9.17, 15) is 0 Å². The minimum Gasteiger partial charge on any atom is -0.374 e. The number of hydrogen-bond acceptors (Lipinski definition) is 3. The van der Waals surface area contributed by atoms with E-state index in [1.54, 1.807) is 0 Å². The fourth-order valence-electron chi connectivity index (χ4n) is 2.23. The molecule has 1 aromatic carbocycles. The highest BCUT2D eigenvalue weighted by Crippen LogP contribution is 2.36. The fourth-order valence-corrected chi connectivity index (χ4v) is 2.23. The molecular weight excluding hydrogens is 240 g/mol. The van der Waals surface area contributed by atoms with Crippen LogP contribution in [0, 0.1) is 12.3 Å². The summed E-state index contributed by atoms with van der Waals surface area (Å²) < 4.78 is 17.3. The first-order valence-electron chi connectivity index (χ1n) is 6.43. The zero-order valence-corrected chi connectivity index (χ0v) is 11.7. The number of benzene rings is 1. The molecule has 102 valence electrons. The molecule has 0 aliphatic carbocycles. The van der Waals surface area contributed by atoms with Gasteiger partial charge in [-0.1, -0.05) is 36.3 Å². The molecular formula is C16H20O3. The van der Waals surface area contributed by atoms with Crippen LogP contribution in [-0.4, -0.2) is 24.1 Å². The smallest absolute Gasteiger partial charge is 0.165 e. The van der Waals surface area contributed by atoms with E-state index in [1.807, 2.05) is 51.1 Å². The van der Waals surface area contributed by atoms with E-state index in [1.165, 1.54) is 0 Å². The summed E-state index contributed by atoms with van der Waals surface area (Å²) in [7, 11) is 0. The first-order chi connectivity index (χ1) is 8.95. The molecule has 19 heavy (non-hydrogen) atoms. The average molecular weight is 260 g/mol. The molecule has 0 bridgehead atoms. The first kappa shape index (κ1) is 14.1. The summed E-state index contributed by atoms with van der Waals surface area (Å²) in [5.41, 5.74) is 0.392. The molecule has 0 N–H and O–H groups in total. The van der Waals surface area contributed by atoms with Gasteiger partial charge in [0, 0.05) is 0 Å². The molecule has 2 atom stereocenters. The monoisotopic (exact) mass is 260 g/mol. The van der Waals surface area contributed by atoms with Crippen molar-refractivity contribution < 1.29 is 14.2 Å². The Labute approximate surface area is 114 Å². The normalized spacial score (nSPS) is 29.1. The molecule has 0 amide bonds. The Kier molecular flexibility index (Phi) is 3.96. The van der Waals surface area contributed by atoms with E-state index < -0.39 is 11.4 Å². The second-order valence-corrected chi connectivity index (χ2v) is 5.36. The third-order valence-electron chi connectivity index (χ3n) is 3.17. The predicted octanol–water partition coefficient (Wildman–Crippen LogP) is 2.75. The summed E-state index contributed by atoms with van der Waals surface area (Å²) in [6, 6.07) is 10.0. The number of hydrogen-bond donors (Lipinski definition) is 0. The Balaban J connectivity index is 1.91. The van der Waals surface area contributed by atoms with Gasteiger partial charge in [-0.25, -0.2) is 0 Å². The quantitative estimate of drug-likeness (QED) is 0.779. The van der Waals surface area contributed by atoms with Crippen LogP contribution in [0.3, 0.4) is 0 Å². The van der Waals surface area contributed by atoms with E-state index in [2.05, 4.69) is 5.92 Å². The molecule has 1 saturated heterocycles. The largest absolute Gasteiger partial charge is 0.374 e. The van der Waals surface area contributed by atoms with E-state index >= 15 is 0 Å². The SMILES string of the molecule is C#C[C@@]1(C)OC(C)(C)O[C@@H]1COCc1ccccc1. The van der Waals surface area contributed by atoms with Crippen LogP contribution in [0.25, 0.3) is 0 Å². The maximum Gasteiger partial charge on any atom is 0.165 e. The van der Waals surface area contributed by atoms with Gasteiger partial charge < -0.3 is 14.2 Å². The lowest BCUT2D eigenvalue weighted by Crippen LogP contribution is -2.38. The molecule has 0 radical (unpaired) electrons. The molecule has 1 aliphatic rings. The Morgan fingerprint density at radius 2 is 1.95 bits per heavy atom. The highest BCUT2D eigenvalue weighted by molar-refractivity contribution is 5.15. The summed E-state index contributed by atoms with van der Waals surface area (Å²) in [6.45, 7) is 6.54. The van der Waals surface area contributed by atoms with Crippen LogP contribution >= 0.6 is 0 Å². The molecule has 1 aromatic rings. The van der Waals surface area contributed by atoms with Crippen LogP contribution in [0.4, 0.5) is 0 Å². The van der Waals surface area contributed by atoms with Crippen molar-refractivity contribution in [3.63, 3.8) is 0 Å². The molecule has 1 aliphatic heterocycles. The third kappa shape index (κ3) is 3.36. The molecule has 3 heteroatoms. The van der Waals surface area contributed by atoms with Crippen LogP contribution < -0.4 is 0 Å². The van der Waals surface area contributed by atoms with E-state index in [4.69, 9.17) is 20.6 Å². The Bertz CT molecular complexity index is 461. The van der Waals surface area contributed by atoms with Crippen molar-refractivity contribution >= 4 is 0 Å². The van der Waals surface area contributed by atoms with E-state index in [0.29, 0.717) is 13.2 Å². The van der Waals surface area contributed by atoms with Gasteiger partial charge in [0.25, 0.3) is 0 Å². The summed E-state index contributed by atoms with van der Waals surface area (Å²) in [5, 5.41) is 0. The first-order valence-corrected chi connectivity index (χ1v) is 6.43. The molecule has 0 saturated carbocycles. The van der Waals surface area contributed by atoms with Crippen molar-refractivity contribution in [2.75, 3.05) is 6.61 Å². The molecule has 0 aromatic heterocycles. The summed E-state index contributed by atoms with van der Waals surface area (Å²) in [4.78, 5) is 0.